The van der Waals surface area contributed by atoms with Gasteiger partial charge in [-0.2, -0.15) is 4.98 Å². The van der Waals surface area contributed by atoms with E-state index in [4.69, 9.17) is 10.5 Å². The van der Waals surface area contributed by atoms with Crippen molar-refractivity contribution in [2.45, 2.75) is 90.3 Å². The van der Waals surface area contributed by atoms with Crippen molar-refractivity contribution >= 4 is 41.1 Å². The van der Waals surface area contributed by atoms with Crippen molar-refractivity contribution < 1.29 is 23.9 Å². The number of amides is 3. The highest BCUT2D eigenvalue weighted by Crippen LogP contribution is 2.22. The lowest BCUT2D eigenvalue weighted by molar-refractivity contribution is -0.155. The van der Waals surface area contributed by atoms with Crippen LogP contribution in [0.25, 0.3) is 0 Å². The summed E-state index contributed by atoms with van der Waals surface area (Å²) in [6.07, 6.45) is 5.40. The van der Waals surface area contributed by atoms with Crippen LogP contribution in [0.2, 0.25) is 0 Å². The number of carbonyl (C=O) groups is 4. The van der Waals surface area contributed by atoms with Crippen LogP contribution < -0.4 is 27.0 Å². The molecule has 3 amide bonds. The molecule has 0 bridgehead atoms. The van der Waals surface area contributed by atoms with Crippen molar-refractivity contribution in [2.24, 2.45) is 5.73 Å². The lowest BCUT2D eigenvalue weighted by Crippen LogP contribution is -2.46. The minimum absolute atomic E-state index is 0.0209. The number of primary amides is 1. The third-order valence-electron chi connectivity index (χ3n) is 6.35. The van der Waals surface area contributed by atoms with Gasteiger partial charge in [-0.25, -0.2) is 4.98 Å². The van der Waals surface area contributed by atoms with Gasteiger partial charge in [0.1, 0.15) is 17.0 Å². The molecule has 1 aliphatic rings. The Hall–Kier alpha value is -4.22. The normalized spacial score (nSPS) is 16.8. The molecule has 2 unspecified atom stereocenters. The van der Waals surface area contributed by atoms with E-state index in [1.165, 1.54) is 6.20 Å². The van der Waals surface area contributed by atoms with Crippen LogP contribution in [0.4, 0.5) is 17.5 Å². The molecule has 0 spiro atoms. The van der Waals surface area contributed by atoms with Gasteiger partial charge in [0.25, 0.3) is 5.91 Å². The smallest absolute Gasteiger partial charge is 0.306 e. The van der Waals surface area contributed by atoms with Gasteiger partial charge in [-0.1, -0.05) is 6.92 Å². The summed E-state index contributed by atoms with van der Waals surface area (Å²) in [5.74, 6) is -0.739. The zero-order chi connectivity index (χ0) is 30.0. The Labute approximate surface area is 240 Å². The van der Waals surface area contributed by atoms with Crippen molar-refractivity contribution in [3.63, 3.8) is 0 Å². The van der Waals surface area contributed by atoms with E-state index in [1.54, 1.807) is 45.0 Å². The van der Waals surface area contributed by atoms with Crippen molar-refractivity contribution in [1.29, 1.82) is 0 Å². The molecule has 3 rings (SSSR count). The van der Waals surface area contributed by atoms with Gasteiger partial charge in [-0.15, -0.1) is 0 Å². The third-order valence-corrected chi connectivity index (χ3v) is 6.35. The van der Waals surface area contributed by atoms with Crippen LogP contribution in [0.5, 0.6) is 0 Å². The number of esters is 1. The molecule has 0 saturated heterocycles. The Morgan fingerprint density at radius 1 is 1.02 bits per heavy atom. The van der Waals surface area contributed by atoms with Gasteiger partial charge in [0.05, 0.1) is 6.42 Å². The van der Waals surface area contributed by atoms with Crippen LogP contribution in [-0.2, 0) is 14.3 Å². The highest BCUT2D eigenvalue weighted by molar-refractivity contribution is 5.99. The number of rotatable bonds is 12. The number of nitrogens with one attached hydrogen (secondary N) is 4. The fourth-order valence-corrected chi connectivity index (χ4v) is 4.46. The Kier molecular flexibility index (Phi) is 11.0. The minimum atomic E-state index is -0.588. The Balaban J connectivity index is 1.58. The molecule has 0 radical (unpaired) electrons. The SMILES string of the molecule is CCCNc1nc(Nc2ccc(C(N)=O)cc2)ncc1C(=O)NC1CCCC(NC(=O)CCC(=O)OC(C)(C)C)C1. The molecule has 1 heterocycles. The third kappa shape index (κ3) is 10.4. The Morgan fingerprint density at radius 3 is 2.34 bits per heavy atom. The van der Waals surface area contributed by atoms with Crippen molar-refractivity contribution in [3.05, 3.63) is 41.6 Å². The van der Waals surface area contributed by atoms with Gasteiger partial charge < -0.3 is 31.7 Å². The summed E-state index contributed by atoms with van der Waals surface area (Å²) < 4.78 is 5.26. The molecule has 12 nitrogen and oxygen atoms in total. The summed E-state index contributed by atoms with van der Waals surface area (Å²) in [7, 11) is 0. The number of anilines is 3. The van der Waals surface area contributed by atoms with E-state index in [2.05, 4.69) is 31.2 Å². The van der Waals surface area contributed by atoms with Gasteiger partial charge in [-0.3, -0.25) is 19.2 Å². The monoisotopic (exact) mass is 567 g/mol. The molecule has 1 aromatic carbocycles. The summed E-state index contributed by atoms with van der Waals surface area (Å²) in [5.41, 5.74) is 6.08. The van der Waals surface area contributed by atoms with E-state index in [1.807, 2.05) is 6.92 Å². The number of hydrogen-bond donors (Lipinski definition) is 5. The van der Waals surface area contributed by atoms with Crippen LogP contribution in [0, 0.1) is 0 Å². The first-order valence-electron chi connectivity index (χ1n) is 14.0. The summed E-state index contributed by atoms with van der Waals surface area (Å²) in [6.45, 7) is 7.99. The molecule has 1 aliphatic carbocycles. The molecule has 1 fully saturated rings. The maximum atomic E-state index is 13.3. The fourth-order valence-electron chi connectivity index (χ4n) is 4.46. The Bertz CT molecular complexity index is 1230. The maximum Gasteiger partial charge on any atom is 0.306 e. The van der Waals surface area contributed by atoms with Crippen molar-refractivity contribution in [1.82, 2.24) is 20.6 Å². The number of nitrogens with two attached hydrogens (primary N) is 1. The van der Waals surface area contributed by atoms with E-state index in [0.717, 1.165) is 25.7 Å². The van der Waals surface area contributed by atoms with Gasteiger partial charge in [-0.05, 0) is 77.1 Å². The number of hydrogen-bond acceptors (Lipinski definition) is 9. The largest absolute Gasteiger partial charge is 0.460 e. The van der Waals surface area contributed by atoms with Gasteiger partial charge in [0.2, 0.25) is 17.8 Å². The van der Waals surface area contributed by atoms with E-state index in [0.29, 0.717) is 41.5 Å². The van der Waals surface area contributed by atoms with Crippen LogP contribution in [0.1, 0.15) is 93.4 Å². The summed E-state index contributed by atoms with van der Waals surface area (Å²) in [6, 6.07) is 6.36. The number of carbonyl (C=O) groups excluding carboxylic acids is 4. The average molecular weight is 568 g/mol. The number of ether oxygens (including phenoxy) is 1. The molecular formula is C29H41N7O5. The molecule has 222 valence electrons. The highest BCUT2D eigenvalue weighted by Gasteiger charge is 2.26. The van der Waals surface area contributed by atoms with Crippen LogP contribution >= 0.6 is 0 Å². The standard InChI is InChI=1S/C29H41N7O5/c1-5-15-31-26-22(17-32-28(36-26)35-19-11-9-18(10-12-19)25(30)39)27(40)34-21-8-6-7-20(16-21)33-23(37)13-14-24(38)41-29(2,3)4/h9-12,17,20-21H,5-8,13-16H2,1-4H3,(H2,30,39)(H,33,37)(H,34,40)(H2,31,32,35,36). The van der Waals surface area contributed by atoms with Gasteiger partial charge in [0, 0.05) is 42.5 Å². The first-order chi connectivity index (χ1) is 19.4. The second-order valence-electron chi connectivity index (χ2n) is 11.1. The maximum absolute atomic E-state index is 13.3. The predicted octanol–water partition coefficient (Wildman–Crippen LogP) is 3.42. The molecule has 41 heavy (non-hydrogen) atoms. The molecule has 1 aromatic heterocycles. The lowest BCUT2D eigenvalue weighted by atomic mass is 9.90. The van der Waals surface area contributed by atoms with Gasteiger partial charge >= 0.3 is 5.97 Å². The van der Waals surface area contributed by atoms with E-state index in [-0.39, 0.29) is 36.7 Å². The van der Waals surface area contributed by atoms with Crippen molar-refractivity contribution in [3.8, 4) is 0 Å². The van der Waals surface area contributed by atoms with E-state index >= 15 is 0 Å². The first-order valence-corrected chi connectivity index (χ1v) is 14.0. The molecule has 12 heteroatoms. The summed E-state index contributed by atoms with van der Waals surface area (Å²) in [4.78, 5) is 57.7. The molecular weight excluding hydrogens is 526 g/mol. The van der Waals surface area contributed by atoms with E-state index in [9.17, 15) is 19.2 Å². The zero-order valence-electron chi connectivity index (χ0n) is 24.2. The number of aromatic nitrogens is 2. The quantitative estimate of drug-likeness (QED) is 0.240. The minimum Gasteiger partial charge on any atom is -0.460 e. The molecule has 2 aromatic rings. The second kappa shape index (κ2) is 14.4. The Morgan fingerprint density at radius 2 is 1.71 bits per heavy atom. The number of benzene rings is 1. The first kappa shape index (κ1) is 31.3. The molecule has 6 N–H and O–H groups in total. The van der Waals surface area contributed by atoms with Crippen molar-refractivity contribution in [2.75, 3.05) is 17.2 Å². The number of nitrogens with zero attached hydrogens (tertiary/aromatic N) is 2. The predicted molar refractivity (Wildman–Crippen MR) is 156 cm³/mol. The van der Waals surface area contributed by atoms with Crippen LogP contribution in [0.15, 0.2) is 30.5 Å². The second-order valence-corrected chi connectivity index (χ2v) is 11.1. The zero-order valence-corrected chi connectivity index (χ0v) is 24.2. The van der Waals surface area contributed by atoms with Gasteiger partial charge in [0.15, 0.2) is 0 Å². The fraction of sp³-hybridized carbons (Fsp3) is 0.517. The summed E-state index contributed by atoms with van der Waals surface area (Å²) >= 11 is 0. The molecule has 2 atom stereocenters. The van der Waals surface area contributed by atoms with E-state index < -0.39 is 17.5 Å². The molecule has 0 aliphatic heterocycles. The van der Waals surface area contributed by atoms with Crippen LogP contribution in [-0.4, -0.2) is 57.9 Å². The highest BCUT2D eigenvalue weighted by atomic mass is 16.6. The molecule has 1 saturated carbocycles. The lowest BCUT2D eigenvalue weighted by Gasteiger charge is -2.30. The topological polar surface area (TPSA) is 177 Å². The average Bonchev–Trinajstić information content (AvgIpc) is 2.90. The summed E-state index contributed by atoms with van der Waals surface area (Å²) in [5, 5.41) is 12.3. The van der Waals surface area contributed by atoms with Crippen LogP contribution in [0.3, 0.4) is 0 Å².